The molecular formula is C7H12F6N2O4S2. The van der Waals surface area contributed by atoms with Crippen LogP contribution in [0, 0.1) is 0 Å². The van der Waals surface area contributed by atoms with Gasteiger partial charge in [-0.15, -0.1) is 0 Å². The van der Waals surface area contributed by atoms with Gasteiger partial charge in [0, 0.05) is 0 Å². The minimum absolute atomic E-state index is 0.797. The molecule has 14 heteroatoms. The molecule has 0 aromatic heterocycles. The molecule has 0 saturated carbocycles. The van der Waals surface area contributed by atoms with Crippen LogP contribution in [0.3, 0.4) is 0 Å². The molecule has 128 valence electrons. The Balaban J connectivity index is 6.64. The van der Waals surface area contributed by atoms with Crippen molar-refractivity contribution >= 4 is 20.0 Å². The summed E-state index contributed by atoms with van der Waals surface area (Å²) in [6.07, 6.45) is -1.59. The van der Waals surface area contributed by atoms with Crippen LogP contribution in [0.1, 0.15) is 26.7 Å². The minimum Gasteiger partial charge on any atom is -0.311 e. The third kappa shape index (κ3) is 3.43. The van der Waals surface area contributed by atoms with Gasteiger partial charge in [-0.1, -0.05) is 17.6 Å². The van der Waals surface area contributed by atoms with Crippen LogP contribution in [0.2, 0.25) is 0 Å². The summed E-state index contributed by atoms with van der Waals surface area (Å²) in [6, 6.07) is 0. The highest BCUT2D eigenvalue weighted by molar-refractivity contribution is 8.04. The number of hydrogen-bond acceptors (Lipinski definition) is 5. The highest BCUT2D eigenvalue weighted by Crippen LogP contribution is 2.40. The summed E-state index contributed by atoms with van der Waals surface area (Å²) in [5.74, 6) is 0. The Morgan fingerprint density at radius 1 is 0.810 bits per heavy atom. The van der Waals surface area contributed by atoms with Gasteiger partial charge in [-0.3, -0.25) is 0 Å². The smallest absolute Gasteiger partial charge is 0.311 e. The Hall–Kier alpha value is -0.600. The van der Waals surface area contributed by atoms with E-state index in [-0.39, 0.29) is 0 Å². The first kappa shape index (κ1) is 20.4. The molecule has 0 atom stereocenters. The molecule has 0 saturated heterocycles. The van der Waals surface area contributed by atoms with E-state index >= 15 is 0 Å². The van der Waals surface area contributed by atoms with Gasteiger partial charge in [0.15, 0.2) is 0 Å². The van der Waals surface area contributed by atoms with Crippen LogP contribution in [0.4, 0.5) is 26.3 Å². The summed E-state index contributed by atoms with van der Waals surface area (Å²) in [4.78, 5) is 0. The van der Waals surface area contributed by atoms with E-state index in [2.05, 4.69) is 0 Å². The lowest BCUT2D eigenvalue weighted by molar-refractivity contribution is -0.0573. The van der Waals surface area contributed by atoms with Gasteiger partial charge in [-0.05, 0) is 12.8 Å². The molecule has 0 aliphatic rings. The average molecular weight is 366 g/mol. The number of halogens is 6. The lowest BCUT2D eigenvalue weighted by Crippen LogP contribution is -2.64. The van der Waals surface area contributed by atoms with Gasteiger partial charge < -0.3 is 5.73 Å². The molecule has 0 unspecified atom stereocenters. The number of alkyl halides is 6. The molecule has 0 heterocycles. The Bertz CT molecular complexity index is 531. The first-order valence-corrected chi connectivity index (χ1v) is 8.09. The van der Waals surface area contributed by atoms with Crippen molar-refractivity contribution in [2.24, 2.45) is 5.73 Å². The molecule has 2 N–H and O–H groups in total. The predicted molar refractivity (Wildman–Crippen MR) is 59.3 cm³/mol. The monoisotopic (exact) mass is 366 g/mol. The number of sulfonamides is 2. The van der Waals surface area contributed by atoms with Crippen molar-refractivity contribution < 1.29 is 43.2 Å². The quantitative estimate of drug-likeness (QED) is 0.587. The Morgan fingerprint density at radius 3 is 1.19 bits per heavy atom. The first-order valence-electron chi connectivity index (χ1n) is 5.21. The zero-order chi connectivity index (χ0) is 17.5. The topological polar surface area (TPSA) is 97.5 Å². The molecule has 0 spiro atoms. The Kier molecular flexibility index (Phi) is 5.39. The van der Waals surface area contributed by atoms with Gasteiger partial charge in [0.25, 0.3) is 0 Å². The molecule has 0 rings (SSSR count). The molecular weight excluding hydrogens is 354 g/mol. The maximum atomic E-state index is 12.5. The van der Waals surface area contributed by atoms with Crippen LogP contribution in [0.15, 0.2) is 0 Å². The van der Waals surface area contributed by atoms with E-state index in [1.807, 2.05) is 0 Å². The molecule has 0 amide bonds. The zero-order valence-electron chi connectivity index (χ0n) is 10.7. The molecule has 0 aromatic rings. The van der Waals surface area contributed by atoms with Gasteiger partial charge in [0.1, 0.15) is 0 Å². The molecule has 0 radical (unpaired) electrons. The summed E-state index contributed by atoms with van der Waals surface area (Å²) >= 11 is 0. The van der Waals surface area contributed by atoms with Crippen molar-refractivity contribution in [3.05, 3.63) is 0 Å². The van der Waals surface area contributed by atoms with Crippen molar-refractivity contribution in [2.75, 3.05) is 0 Å². The van der Waals surface area contributed by atoms with Crippen molar-refractivity contribution in [2.45, 2.75) is 43.4 Å². The lowest BCUT2D eigenvalue weighted by Gasteiger charge is -2.37. The Labute approximate surface area is 117 Å². The molecule has 6 nitrogen and oxygen atoms in total. The van der Waals surface area contributed by atoms with Gasteiger partial charge in [-0.2, -0.15) is 26.3 Å². The van der Waals surface area contributed by atoms with Crippen molar-refractivity contribution in [3.8, 4) is 0 Å². The SMILES string of the molecule is CCC(N)(CC)N(S(=O)(=O)C(F)(F)F)S(=O)(=O)C(F)(F)F. The van der Waals surface area contributed by atoms with E-state index in [4.69, 9.17) is 5.73 Å². The standard InChI is InChI=1S/C7H12F6N2O4S2/c1-3-5(14,4-2)15(20(16,17)6(8,9)10)21(18,19)7(11,12)13/h3-4,14H2,1-2H3. The normalized spacial score (nSPS) is 15.5. The highest BCUT2D eigenvalue weighted by Gasteiger charge is 2.66. The van der Waals surface area contributed by atoms with Gasteiger partial charge in [-0.25, -0.2) is 16.8 Å². The third-order valence-electron chi connectivity index (χ3n) is 2.61. The average Bonchev–Trinajstić information content (AvgIpc) is 2.25. The van der Waals surface area contributed by atoms with E-state index in [9.17, 15) is 43.2 Å². The second-order valence-corrected chi connectivity index (χ2v) is 7.70. The van der Waals surface area contributed by atoms with Gasteiger partial charge in [0.2, 0.25) is 0 Å². The number of hydrogen-bond donors (Lipinski definition) is 1. The highest BCUT2D eigenvalue weighted by atomic mass is 32.3. The summed E-state index contributed by atoms with van der Waals surface area (Å²) in [5.41, 5.74) is -10.3. The van der Waals surface area contributed by atoms with Gasteiger partial charge in [0.05, 0.1) is 5.66 Å². The second kappa shape index (κ2) is 5.55. The van der Waals surface area contributed by atoms with Crippen molar-refractivity contribution in [1.29, 1.82) is 0 Å². The first-order chi connectivity index (χ1) is 8.99. The van der Waals surface area contributed by atoms with Crippen molar-refractivity contribution in [1.82, 2.24) is 3.71 Å². The van der Waals surface area contributed by atoms with Gasteiger partial charge >= 0.3 is 31.1 Å². The number of rotatable bonds is 5. The maximum absolute atomic E-state index is 12.5. The summed E-state index contributed by atoms with van der Waals surface area (Å²) in [7, 11) is -13.7. The van der Waals surface area contributed by atoms with Crippen molar-refractivity contribution in [3.63, 3.8) is 0 Å². The van der Waals surface area contributed by atoms with E-state index in [0.717, 1.165) is 13.8 Å². The molecule has 0 bridgehead atoms. The van der Waals surface area contributed by atoms with E-state index in [1.54, 1.807) is 0 Å². The fourth-order valence-corrected chi connectivity index (χ4v) is 4.69. The third-order valence-corrected chi connectivity index (χ3v) is 6.56. The zero-order valence-corrected chi connectivity index (χ0v) is 12.3. The second-order valence-electron chi connectivity index (χ2n) is 3.91. The maximum Gasteiger partial charge on any atom is 0.512 e. The molecule has 0 aromatic carbocycles. The number of nitrogens with zero attached hydrogens (tertiary/aromatic N) is 1. The number of nitrogens with two attached hydrogens (primary N) is 1. The van der Waals surface area contributed by atoms with Crippen LogP contribution >= 0.6 is 0 Å². The fraction of sp³-hybridized carbons (Fsp3) is 1.00. The lowest BCUT2D eigenvalue weighted by atomic mass is 10.1. The van der Waals surface area contributed by atoms with Crippen LogP contribution in [-0.4, -0.2) is 37.2 Å². The van der Waals surface area contributed by atoms with Crippen LogP contribution < -0.4 is 5.73 Å². The van der Waals surface area contributed by atoms with Crippen LogP contribution in [-0.2, 0) is 20.0 Å². The molecule has 0 fully saturated rings. The summed E-state index contributed by atoms with van der Waals surface area (Å²) in [6.45, 7) is 1.91. The fourth-order valence-electron chi connectivity index (χ4n) is 1.30. The molecule has 0 aliphatic carbocycles. The molecule has 21 heavy (non-hydrogen) atoms. The largest absolute Gasteiger partial charge is 0.512 e. The minimum atomic E-state index is -6.86. The van der Waals surface area contributed by atoms with E-state index in [1.165, 1.54) is 0 Å². The van der Waals surface area contributed by atoms with Crippen LogP contribution in [0.5, 0.6) is 0 Å². The molecule has 0 aliphatic heterocycles. The summed E-state index contributed by atoms with van der Waals surface area (Å²) in [5, 5.41) is 0. The predicted octanol–water partition coefficient (Wildman–Crippen LogP) is 1.46. The summed E-state index contributed by atoms with van der Waals surface area (Å²) < 4.78 is 118. The Morgan fingerprint density at radius 2 is 1.05 bits per heavy atom. The van der Waals surface area contributed by atoms with E-state index < -0.39 is 53.3 Å². The van der Waals surface area contributed by atoms with Crippen LogP contribution in [0.25, 0.3) is 0 Å². The van der Waals surface area contributed by atoms with E-state index in [0.29, 0.717) is 0 Å².